The van der Waals surface area contributed by atoms with Crippen LogP contribution in [0.25, 0.3) is 28.1 Å². The third kappa shape index (κ3) is 3.06. The highest BCUT2D eigenvalue weighted by atomic mass is 16.5. The van der Waals surface area contributed by atoms with Gasteiger partial charge in [0.1, 0.15) is 29.7 Å². The molecule has 1 atom stereocenters. The number of hydrogen-bond acceptors (Lipinski definition) is 7. The number of furan rings is 1. The molecule has 0 spiro atoms. The lowest BCUT2D eigenvalue weighted by Crippen LogP contribution is -2.41. The van der Waals surface area contributed by atoms with Gasteiger partial charge in [0.05, 0.1) is 25.3 Å². The number of ether oxygens (including phenoxy) is 3. The summed E-state index contributed by atoms with van der Waals surface area (Å²) >= 11 is 0. The summed E-state index contributed by atoms with van der Waals surface area (Å²) in [5, 5.41) is 8.77. The second kappa shape index (κ2) is 7.14. The predicted molar refractivity (Wildman–Crippen MR) is 103 cm³/mol. The van der Waals surface area contributed by atoms with E-state index in [1.807, 2.05) is 36.4 Å². The van der Waals surface area contributed by atoms with Crippen LogP contribution in [0.1, 0.15) is 0 Å². The molecular weight excluding hydrogens is 360 g/mol. The largest absolute Gasteiger partial charge is 0.496 e. The third-order valence-corrected chi connectivity index (χ3v) is 4.75. The Morgan fingerprint density at radius 2 is 2.25 bits per heavy atom. The molecule has 0 radical (unpaired) electrons. The second-order valence-corrected chi connectivity index (χ2v) is 6.58. The highest BCUT2D eigenvalue weighted by molar-refractivity contribution is 5.88. The van der Waals surface area contributed by atoms with E-state index in [1.165, 1.54) is 0 Å². The van der Waals surface area contributed by atoms with Gasteiger partial charge in [-0.3, -0.25) is 0 Å². The summed E-state index contributed by atoms with van der Waals surface area (Å²) in [7, 11) is 1.65. The normalized spacial score (nSPS) is 17.2. The summed E-state index contributed by atoms with van der Waals surface area (Å²) in [4.78, 5) is 4.42. The number of rotatable bonds is 5. The van der Waals surface area contributed by atoms with Gasteiger partial charge in [-0.2, -0.15) is 0 Å². The first-order valence-electron chi connectivity index (χ1n) is 9.18. The Bertz CT molecular complexity index is 1110. The number of fused-ring (bicyclic) bond motifs is 2. The number of aromatic nitrogens is 3. The van der Waals surface area contributed by atoms with Gasteiger partial charge in [0.15, 0.2) is 11.4 Å². The van der Waals surface area contributed by atoms with Crippen LogP contribution >= 0.6 is 0 Å². The van der Waals surface area contributed by atoms with Gasteiger partial charge in [0.25, 0.3) is 0 Å². The molecule has 8 nitrogen and oxygen atoms in total. The topological polar surface area (TPSA) is 83.1 Å². The zero-order valence-electron chi connectivity index (χ0n) is 15.4. The van der Waals surface area contributed by atoms with Gasteiger partial charge in [-0.25, -0.2) is 9.50 Å². The molecule has 28 heavy (non-hydrogen) atoms. The first-order chi connectivity index (χ1) is 13.8. The average Bonchev–Trinajstić information content (AvgIpc) is 3.36. The third-order valence-electron chi connectivity index (χ3n) is 4.75. The number of benzene rings is 1. The number of imidazole rings is 1. The van der Waals surface area contributed by atoms with E-state index in [-0.39, 0.29) is 6.10 Å². The molecule has 4 heterocycles. The van der Waals surface area contributed by atoms with Crippen molar-refractivity contribution >= 4 is 16.6 Å². The van der Waals surface area contributed by atoms with E-state index in [9.17, 15) is 0 Å². The highest BCUT2D eigenvalue weighted by Gasteiger charge is 2.17. The van der Waals surface area contributed by atoms with Crippen molar-refractivity contribution in [3.8, 4) is 23.1 Å². The van der Waals surface area contributed by atoms with Crippen LogP contribution in [0.5, 0.6) is 11.6 Å². The van der Waals surface area contributed by atoms with Crippen molar-refractivity contribution in [2.45, 2.75) is 6.10 Å². The maximum Gasteiger partial charge on any atom is 0.231 e. The van der Waals surface area contributed by atoms with Gasteiger partial charge in [-0.05, 0) is 24.3 Å². The van der Waals surface area contributed by atoms with E-state index in [0.29, 0.717) is 30.5 Å². The first-order valence-corrected chi connectivity index (χ1v) is 9.18. The van der Waals surface area contributed by atoms with E-state index in [2.05, 4.69) is 15.4 Å². The summed E-state index contributed by atoms with van der Waals surface area (Å²) < 4.78 is 24.6. The van der Waals surface area contributed by atoms with Gasteiger partial charge in [0, 0.05) is 19.2 Å². The minimum Gasteiger partial charge on any atom is -0.496 e. The molecular formula is C20H20N4O4. The Morgan fingerprint density at radius 3 is 3.11 bits per heavy atom. The molecule has 1 fully saturated rings. The molecule has 1 aliphatic rings. The van der Waals surface area contributed by atoms with Crippen LogP contribution in [0.15, 0.2) is 47.0 Å². The molecule has 0 saturated carbocycles. The molecule has 3 aromatic heterocycles. The van der Waals surface area contributed by atoms with Crippen LogP contribution < -0.4 is 14.8 Å². The Hall–Kier alpha value is -3.10. The zero-order chi connectivity index (χ0) is 18.9. The van der Waals surface area contributed by atoms with Crippen LogP contribution in [0.3, 0.4) is 0 Å². The fourth-order valence-electron chi connectivity index (χ4n) is 3.34. The standard InChI is InChI=1S/C20H20N4O4/c1-25-16-3-2-4-17-14(16)9-18(28-17)15-11-22-19-5-6-20(23-24(15)19)27-12-13-10-21-7-8-26-13/h2-6,9,11,13,21H,7-8,10,12H2,1H3. The lowest BCUT2D eigenvalue weighted by molar-refractivity contribution is -0.000968. The number of nitrogens with one attached hydrogen (secondary N) is 1. The van der Waals surface area contributed by atoms with Gasteiger partial charge < -0.3 is 23.9 Å². The van der Waals surface area contributed by atoms with Crippen molar-refractivity contribution in [3.63, 3.8) is 0 Å². The maximum absolute atomic E-state index is 6.01. The Balaban J connectivity index is 1.46. The van der Waals surface area contributed by atoms with Crippen molar-refractivity contribution < 1.29 is 18.6 Å². The van der Waals surface area contributed by atoms with E-state index in [4.69, 9.17) is 18.6 Å². The van der Waals surface area contributed by atoms with Gasteiger partial charge >= 0.3 is 0 Å². The SMILES string of the molecule is COc1cccc2oc(-c3cnc4ccc(OCC5CNCCO5)nn34)cc12. The average molecular weight is 380 g/mol. The number of nitrogens with zero attached hydrogens (tertiary/aromatic N) is 3. The molecule has 0 amide bonds. The molecule has 8 heteroatoms. The number of methoxy groups -OCH3 is 1. The molecule has 1 aromatic carbocycles. The van der Waals surface area contributed by atoms with Crippen molar-refractivity contribution in [2.24, 2.45) is 0 Å². The molecule has 1 unspecified atom stereocenters. The highest BCUT2D eigenvalue weighted by Crippen LogP contribution is 2.33. The molecule has 4 aromatic rings. The smallest absolute Gasteiger partial charge is 0.231 e. The summed E-state index contributed by atoms with van der Waals surface area (Å²) in [5.41, 5.74) is 2.21. The summed E-state index contributed by atoms with van der Waals surface area (Å²) in [6.07, 6.45) is 1.76. The van der Waals surface area contributed by atoms with Crippen LogP contribution in [0.2, 0.25) is 0 Å². The molecule has 144 valence electrons. The quantitative estimate of drug-likeness (QED) is 0.570. The van der Waals surface area contributed by atoms with Gasteiger partial charge in [-0.15, -0.1) is 5.10 Å². The Labute approximate surface area is 161 Å². The molecule has 0 bridgehead atoms. The van der Waals surface area contributed by atoms with E-state index < -0.39 is 0 Å². The fraction of sp³-hybridized carbons (Fsp3) is 0.300. The number of morpholine rings is 1. The van der Waals surface area contributed by atoms with Gasteiger partial charge in [-0.1, -0.05) is 6.07 Å². The lowest BCUT2D eigenvalue weighted by atomic mass is 10.2. The van der Waals surface area contributed by atoms with Crippen molar-refractivity contribution in [1.82, 2.24) is 19.9 Å². The lowest BCUT2D eigenvalue weighted by Gasteiger charge is -2.23. The molecule has 1 N–H and O–H groups in total. The minimum atomic E-state index is 0.0244. The van der Waals surface area contributed by atoms with Crippen molar-refractivity contribution in [3.05, 3.63) is 42.6 Å². The van der Waals surface area contributed by atoms with Gasteiger partial charge in [0.2, 0.25) is 5.88 Å². The van der Waals surface area contributed by atoms with Crippen molar-refractivity contribution in [1.29, 1.82) is 0 Å². The fourth-order valence-corrected chi connectivity index (χ4v) is 3.34. The molecule has 1 aliphatic heterocycles. The second-order valence-electron chi connectivity index (χ2n) is 6.58. The summed E-state index contributed by atoms with van der Waals surface area (Å²) in [6.45, 7) is 2.79. The van der Waals surface area contributed by atoms with Crippen molar-refractivity contribution in [2.75, 3.05) is 33.4 Å². The first kappa shape index (κ1) is 17.0. The number of hydrogen-bond donors (Lipinski definition) is 1. The van der Waals surface area contributed by atoms with Crippen LogP contribution in [0.4, 0.5) is 0 Å². The van der Waals surface area contributed by atoms with Crippen LogP contribution in [-0.4, -0.2) is 54.1 Å². The predicted octanol–water partition coefficient (Wildman–Crippen LogP) is 2.52. The molecule has 0 aliphatic carbocycles. The van der Waals surface area contributed by atoms with E-state index >= 15 is 0 Å². The maximum atomic E-state index is 6.01. The Kier molecular flexibility index (Phi) is 4.34. The van der Waals surface area contributed by atoms with Crippen LogP contribution in [-0.2, 0) is 4.74 Å². The van der Waals surface area contributed by atoms with E-state index in [1.54, 1.807) is 17.8 Å². The van der Waals surface area contributed by atoms with E-state index in [0.717, 1.165) is 35.5 Å². The minimum absolute atomic E-state index is 0.0244. The molecule has 5 rings (SSSR count). The Morgan fingerprint density at radius 1 is 1.29 bits per heavy atom. The summed E-state index contributed by atoms with van der Waals surface area (Å²) in [5.74, 6) is 1.94. The monoisotopic (exact) mass is 380 g/mol. The van der Waals surface area contributed by atoms with Crippen LogP contribution in [0, 0.1) is 0 Å². The zero-order valence-corrected chi connectivity index (χ0v) is 15.4. The summed E-state index contributed by atoms with van der Waals surface area (Å²) in [6, 6.07) is 11.3. The molecule has 1 saturated heterocycles.